The summed E-state index contributed by atoms with van der Waals surface area (Å²) in [4.78, 5) is 40.4. The van der Waals surface area contributed by atoms with Crippen LogP contribution in [-0.2, 0) is 4.79 Å². The number of rotatable bonds is 5. The molecule has 0 bridgehead atoms. The van der Waals surface area contributed by atoms with E-state index >= 15 is 0 Å². The largest absolute Gasteiger partial charge is 0.478 e. The van der Waals surface area contributed by atoms with Gasteiger partial charge in [0.1, 0.15) is 0 Å². The molecule has 1 saturated heterocycles. The highest BCUT2D eigenvalue weighted by molar-refractivity contribution is 8.18. The van der Waals surface area contributed by atoms with Crippen molar-refractivity contribution in [3.63, 3.8) is 0 Å². The predicted octanol–water partition coefficient (Wildman–Crippen LogP) is 5.04. The van der Waals surface area contributed by atoms with Crippen molar-refractivity contribution >= 4 is 58.1 Å². The minimum absolute atomic E-state index is 0.130. The zero-order valence-electron chi connectivity index (χ0n) is 18.0. The van der Waals surface area contributed by atoms with Crippen LogP contribution in [0.5, 0.6) is 0 Å². The summed E-state index contributed by atoms with van der Waals surface area (Å²) >= 11 is 7.18. The zero-order chi connectivity index (χ0) is 24.6. The average Bonchev–Trinajstić information content (AvgIpc) is 3.25. The molecule has 0 spiro atoms. The number of amidine groups is 1. The Bertz CT molecular complexity index is 1390. The monoisotopic (exact) mass is 495 g/mol. The summed E-state index contributed by atoms with van der Waals surface area (Å²) in [6.45, 7) is 3.63. The standard InChI is InChI=1S/C24H18ClN3O5S/c1-12-6-14(10-20-21(29)27-24(34-20)26-18-5-3-4-17(25)11-18)13(2)28(12)19-8-15(22(30)31)7-16(9-19)23(32)33/h3-11H,1-2H3,(H,30,31)(H,32,33)(H,26,27,29)/b20-10-. The van der Waals surface area contributed by atoms with Crippen LogP contribution in [0.15, 0.2) is 58.4 Å². The second kappa shape index (κ2) is 9.20. The van der Waals surface area contributed by atoms with Crippen LogP contribution >= 0.6 is 23.4 Å². The number of carboxylic acid groups (broad SMARTS) is 2. The molecule has 0 atom stereocenters. The Hall–Kier alpha value is -3.82. The number of amides is 1. The van der Waals surface area contributed by atoms with Crippen LogP contribution in [-0.4, -0.2) is 37.8 Å². The zero-order valence-corrected chi connectivity index (χ0v) is 19.6. The van der Waals surface area contributed by atoms with E-state index < -0.39 is 11.9 Å². The van der Waals surface area contributed by atoms with Crippen LogP contribution in [0.3, 0.4) is 0 Å². The summed E-state index contributed by atoms with van der Waals surface area (Å²) in [6, 6.07) is 12.8. The summed E-state index contributed by atoms with van der Waals surface area (Å²) in [5.74, 6) is -2.74. The van der Waals surface area contributed by atoms with Crippen LogP contribution < -0.4 is 5.32 Å². The summed E-state index contributed by atoms with van der Waals surface area (Å²) in [7, 11) is 0. The van der Waals surface area contributed by atoms with E-state index in [1.54, 1.807) is 34.9 Å². The number of hydrogen-bond donors (Lipinski definition) is 3. The average molecular weight is 496 g/mol. The van der Waals surface area contributed by atoms with Crippen LogP contribution in [0.4, 0.5) is 5.69 Å². The van der Waals surface area contributed by atoms with Crippen molar-refractivity contribution in [3.05, 3.63) is 86.5 Å². The van der Waals surface area contributed by atoms with Gasteiger partial charge in [-0.3, -0.25) is 4.79 Å². The lowest BCUT2D eigenvalue weighted by molar-refractivity contribution is -0.115. The van der Waals surface area contributed by atoms with E-state index in [1.165, 1.54) is 23.9 Å². The molecule has 0 radical (unpaired) electrons. The van der Waals surface area contributed by atoms with E-state index in [2.05, 4.69) is 10.3 Å². The van der Waals surface area contributed by atoms with E-state index in [9.17, 15) is 24.6 Å². The van der Waals surface area contributed by atoms with E-state index in [-0.39, 0.29) is 17.0 Å². The minimum atomic E-state index is -1.22. The third-order valence-electron chi connectivity index (χ3n) is 5.12. The maximum absolute atomic E-state index is 12.5. The molecule has 1 amide bonds. The predicted molar refractivity (Wildman–Crippen MR) is 131 cm³/mol. The van der Waals surface area contributed by atoms with Crippen molar-refractivity contribution in [2.75, 3.05) is 0 Å². The number of benzene rings is 2. The Balaban J connectivity index is 1.70. The molecule has 10 heteroatoms. The van der Waals surface area contributed by atoms with Gasteiger partial charge in [-0.1, -0.05) is 17.7 Å². The van der Waals surface area contributed by atoms with Gasteiger partial charge in [-0.15, -0.1) is 0 Å². The molecular weight excluding hydrogens is 478 g/mol. The van der Waals surface area contributed by atoms with E-state index in [0.29, 0.717) is 26.5 Å². The number of thioether (sulfide) groups is 1. The van der Waals surface area contributed by atoms with Crippen molar-refractivity contribution < 1.29 is 24.6 Å². The Morgan fingerprint density at radius 3 is 2.35 bits per heavy atom. The van der Waals surface area contributed by atoms with Gasteiger partial charge in [-0.2, -0.15) is 0 Å². The van der Waals surface area contributed by atoms with Gasteiger partial charge in [0.05, 0.1) is 21.7 Å². The molecule has 1 aromatic heterocycles. The lowest BCUT2D eigenvalue weighted by Crippen LogP contribution is -2.19. The smallest absolute Gasteiger partial charge is 0.335 e. The number of hydrogen-bond acceptors (Lipinski definition) is 5. The molecular formula is C24H18ClN3O5S. The molecule has 3 N–H and O–H groups in total. The van der Waals surface area contributed by atoms with Crippen molar-refractivity contribution in [1.82, 2.24) is 9.88 Å². The SMILES string of the molecule is Cc1cc(/C=C2\SC(=Nc3cccc(Cl)c3)NC2=O)c(C)n1-c1cc(C(=O)O)cc(C(=O)O)c1. The molecule has 34 heavy (non-hydrogen) atoms. The highest BCUT2D eigenvalue weighted by Gasteiger charge is 2.25. The first kappa shape index (κ1) is 23.3. The lowest BCUT2D eigenvalue weighted by atomic mass is 10.1. The Labute approximate surface area is 203 Å². The lowest BCUT2D eigenvalue weighted by Gasteiger charge is -2.12. The molecule has 0 aliphatic carbocycles. The van der Waals surface area contributed by atoms with Crippen molar-refractivity contribution in [2.24, 2.45) is 4.99 Å². The fourth-order valence-corrected chi connectivity index (χ4v) is 4.62. The number of nitrogens with one attached hydrogen (secondary N) is 1. The molecule has 1 aliphatic rings. The number of aliphatic imine (C=N–C) groups is 1. The molecule has 2 heterocycles. The van der Waals surface area contributed by atoms with Gasteiger partial charge >= 0.3 is 11.9 Å². The number of carbonyl (C=O) groups excluding carboxylic acids is 1. The number of aromatic carboxylic acids is 2. The van der Waals surface area contributed by atoms with Crippen LogP contribution in [0.1, 0.15) is 37.7 Å². The summed E-state index contributed by atoms with van der Waals surface area (Å²) < 4.78 is 1.75. The fraction of sp³-hybridized carbons (Fsp3) is 0.0833. The fourth-order valence-electron chi connectivity index (χ4n) is 3.60. The maximum atomic E-state index is 12.5. The van der Waals surface area contributed by atoms with Gasteiger partial charge in [0.15, 0.2) is 5.17 Å². The van der Waals surface area contributed by atoms with Crippen LogP contribution in [0, 0.1) is 13.8 Å². The molecule has 2 aromatic carbocycles. The van der Waals surface area contributed by atoms with Gasteiger partial charge in [0.25, 0.3) is 5.91 Å². The van der Waals surface area contributed by atoms with Crippen LogP contribution in [0.25, 0.3) is 11.8 Å². The molecule has 3 aromatic rings. The van der Waals surface area contributed by atoms with Crippen molar-refractivity contribution in [3.8, 4) is 5.69 Å². The quantitative estimate of drug-likeness (QED) is 0.426. The number of carboxylic acids is 2. The van der Waals surface area contributed by atoms with Crippen molar-refractivity contribution in [2.45, 2.75) is 13.8 Å². The highest BCUT2D eigenvalue weighted by atomic mass is 35.5. The maximum Gasteiger partial charge on any atom is 0.335 e. The second-order valence-corrected chi connectivity index (χ2v) is 8.97. The highest BCUT2D eigenvalue weighted by Crippen LogP contribution is 2.31. The summed E-state index contributed by atoms with van der Waals surface area (Å²) in [5, 5.41) is 22.5. The molecule has 4 rings (SSSR count). The van der Waals surface area contributed by atoms with E-state index in [1.807, 2.05) is 19.9 Å². The Morgan fingerprint density at radius 1 is 1.06 bits per heavy atom. The van der Waals surface area contributed by atoms with Crippen LogP contribution in [0.2, 0.25) is 5.02 Å². The third-order valence-corrected chi connectivity index (χ3v) is 6.26. The topological polar surface area (TPSA) is 121 Å². The van der Waals surface area contributed by atoms with Gasteiger partial charge < -0.3 is 20.1 Å². The van der Waals surface area contributed by atoms with Gasteiger partial charge in [0, 0.05) is 22.1 Å². The molecule has 1 fully saturated rings. The first-order valence-electron chi connectivity index (χ1n) is 9.98. The number of halogens is 1. The third kappa shape index (κ3) is 4.75. The molecule has 172 valence electrons. The van der Waals surface area contributed by atoms with E-state index in [0.717, 1.165) is 23.0 Å². The second-order valence-electron chi connectivity index (χ2n) is 7.50. The molecule has 1 aliphatic heterocycles. The molecule has 8 nitrogen and oxygen atoms in total. The molecule has 0 unspecified atom stereocenters. The van der Waals surface area contributed by atoms with Gasteiger partial charge in [-0.05, 0) is 79.7 Å². The Morgan fingerprint density at radius 2 is 1.74 bits per heavy atom. The first-order valence-corrected chi connectivity index (χ1v) is 11.2. The van der Waals surface area contributed by atoms with Gasteiger partial charge in [-0.25, -0.2) is 14.6 Å². The number of aromatic nitrogens is 1. The number of aryl methyl sites for hydroxylation is 1. The Kier molecular flexibility index (Phi) is 6.32. The summed E-state index contributed by atoms with van der Waals surface area (Å²) in [5.41, 5.74) is 2.96. The molecule has 0 saturated carbocycles. The van der Waals surface area contributed by atoms with E-state index in [4.69, 9.17) is 11.6 Å². The van der Waals surface area contributed by atoms with Gasteiger partial charge in [0.2, 0.25) is 0 Å². The minimum Gasteiger partial charge on any atom is -0.478 e. The number of carbonyl (C=O) groups is 3. The normalized spacial score (nSPS) is 15.7. The number of nitrogens with zero attached hydrogens (tertiary/aromatic N) is 2. The summed E-state index contributed by atoms with van der Waals surface area (Å²) in [6.07, 6.45) is 1.72. The van der Waals surface area contributed by atoms with Crippen molar-refractivity contribution in [1.29, 1.82) is 0 Å². The first-order chi connectivity index (χ1) is 16.1.